The Morgan fingerprint density at radius 3 is 2.86 bits per heavy atom. The Bertz CT molecular complexity index is 656. The summed E-state index contributed by atoms with van der Waals surface area (Å²) < 4.78 is 10.3. The first kappa shape index (κ1) is 15.9. The third-order valence-corrected chi connectivity index (χ3v) is 3.01. The van der Waals surface area contributed by atoms with Gasteiger partial charge in [-0.15, -0.1) is 0 Å². The number of hydrogen-bond acceptors (Lipinski definition) is 4. The third kappa shape index (κ3) is 4.82. The second-order valence-electron chi connectivity index (χ2n) is 4.53. The monoisotopic (exact) mass is 322 g/mol. The Morgan fingerprint density at radius 1 is 1.32 bits per heavy atom. The van der Waals surface area contributed by atoms with E-state index in [1.54, 1.807) is 24.3 Å². The molecule has 116 valence electrons. The number of imide groups is 1. The first-order valence-corrected chi connectivity index (χ1v) is 6.91. The second-order valence-corrected chi connectivity index (χ2v) is 4.94. The number of furan rings is 1. The van der Waals surface area contributed by atoms with Crippen molar-refractivity contribution in [3.05, 3.63) is 52.9 Å². The van der Waals surface area contributed by atoms with Crippen molar-refractivity contribution in [2.24, 2.45) is 0 Å². The Morgan fingerprint density at radius 2 is 2.14 bits per heavy atom. The van der Waals surface area contributed by atoms with Crippen LogP contribution in [0, 0.1) is 6.92 Å². The van der Waals surface area contributed by atoms with Crippen LogP contribution in [0.3, 0.4) is 0 Å². The van der Waals surface area contributed by atoms with E-state index in [1.807, 2.05) is 13.0 Å². The van der Waals surface area contributed by atoms with Crippen molar-refractivity contribution in [1.82, 2.24) is 10.6 Å². The lowest BCUT2D eigenvalue weighted by molar-refractivity contribution is -0.122. The van der Waals surface area contributed by atoms with Crippen LogP contribution in [0.15, 0.2) is 41.0 Å². The minimum atomic E-state index is -0.625. The zero-order valence-corrected chi connectivity index (χ0v) is 12.6. The average molecular weight is 323 g/mol. The molecule has 3 amide bonds. The summed E-state index contributed by atoms with van der Waals surface area (Å²) in [7, 11) is 0. The van der Waals surface area contributed by atoms with Crippen molar-refractivity contribution in [2.45, 2.75) is 13.5 Å². The summed E-state index contributed by atoms with van der Waals surface area (Å²) in [6.07, 6.45) is 1.50. The lowest BCUT2D eigenvalue weighted by Gasteiger charge is -2.09. The Balaban J connectivity index is 1.75. The van der Waals surface area contributed by atoms with E-state index in [-0.39, 0.29) is 13.2 Å². The highest BCUT2D eigenvalue weighted by molar-refractivity contribution is 6.32. The molecule has 0 saturated carbocycles. The summed E-state index contributed by atoms with van der Waals surface area (Å²) in [6, 6.07) is 8.02. The number of ether oxygens (including phenoxy) is 1. The van der Waals surface area contributed by atoms with Gasteiger partial charge in [0.1, 0.15) is 11.5 Å². The molecule has 0 radical (unpaired) electrons. The number of nitrogens with one attached hydrogen (secondary N) is 2. The molecule has 0 atom stereocenters. The molecule has 2 N–H and O–H groups in total. The van der Waals surface area contributed by atoms with Gasteiger partial charge in [-0.1, -0.05) is 17.7 Å². The zero-order valence-electron chi connectivity index (χ0n) is 11.9. The highest BCUT2D eigenvalue weighted by atomic mass is 35.5. The van der Waals surface area contributed by atoms with Crippen LogP contribution >= 0.6 is 11.6 Å². The minimum Gasteiger partial charge on any atom is -0.482 e. The highest BCUT2D eigenvalue weighted by Crippen LogP contribution is 2.24. The third-order valence-electron chi connectivity index (χ3n) is 2.70. The van der Waals surface area contributed by atoms with Gasteiger partial charge in [0, 0.05) is 0 Å². The molecule has 2 aromatic rings. The molecule has 0 unspecified atom stereocenters. The van der Waals surface area contributed by atoms with Crippen molar-refractivity contribution in [1.29, 1.82) is 0 Å². The molecule has 1 aromatic heterocycles. The normalized spacial score (nSPS) is 10.1. The maximum Gasteiger partial charge on any atom is 0.321 e. The van der Waals surface area contributed by atoms with E-state index in [1.165, 1.54) is 6.26 Å². The molecule has 6 nitrogen and oxygen atoms in total. The number of hydrogen-bond donors (Lipinski definition) is 2. The Kier molecular flexibility index (Phi) is 5.43. The predicted molar refractivity (Wildman–Crippen MR) is 80.8 cm³/mol. The quantitative estimate of drug-likeness (QED) is 0.886. The van der Waals surface area contributed by atoms with Crippen LogP contribution in [0.1, 0.15) is 11.3 Å². The molecule has 0 spiro atoms. The lowest BCUT2D eigenvalue weighted by atomic mass is 10.2. The molecule has 0 aliphatic carbocycles. The van der Waals surface area contributed by atoms with E-state index in [0.717, 1.165) is 5.56 Å². The maximum absolute atomic E-state index is 11.6. The first-order valence-electron chi connectivity index (χ1n) is 6.53. The fourth-order valence-corrected chi connectivity index (χ4v) is 1.82. The van der Waals surface area contributed by atoms with Gasteiger partial charge in [-0.05, 0) is 36.8 Å². The molecule has 7 heteroatoms. The Labute approximate surface area is 132 Å². The summed E-state index contributed by atoms with van der Waals surface area (Å²) in [4.78, 5) is 23.1. The molecule has 0 saturated heterocycles. The van der Waals surface area contributed by atoms with Crippen LogP contribution in [-0.4, -0.2) is 18.5 Å². The van der Waals surface area contributed by atoms with E-state index >= 15 is 0 Å². The van der Waals surface area contributed by atoms with Crippen LogP contribution in [-0.2, 0) is 11.3 Å². The van der Waals surface area contributed by atoms with Crippen molar-refractivity contribution in [2.75, 3.05) is 6.61 Å². The number of rotatable bonds is 5. The summed E-state index contributed by atoms with van der Waals surface area (Å²) >= 11 is 5.95. The van der Waals surface area contributed by atoms with Gasteiger partial charge in [-0.2, -0.15) is 0 Å². The fraction of sp³-hybridized carbons (Fsp3) is 0.200. The number of benzene rings is 1. The number of amides is 3. The van der Waals surface area contributed by atoms with Gasteiger partial charge in [0.25, 0.3) is 5.91 Å². The van der Waals surface area contributed by atoms with E-state index in [9.17, 15) is 9.59 Å². The van der Waals surface area contributed by atoms with E-state index in [0.29, 0.717) is 16.5 Å². The molecule has 0 aliphatic rings. The Hall–Kier alpha value is -2.47. The van der Waals surface area contributed by atoms with Crippen LogP contribution in [0.2, 0.25) is 5.02 Å². The molecule has 0 bridgehead atoms. The second kappa shape index (κ2) is 7.51. The van der Waals surface area contributed by atoms with Crippen LogP contribution < -0.4 is 15.4 Å². The van der Waals surface area contributed by atoms with Crippen LogP contribution in [0.4, 0.5) is 4.79 Å². The summed E-state index contributed by atoms with van der Waals surface area (Å²) in [5.41, 5.74) is 0.955. The molecule has 2 rings (SSSR count). The lowest BCUT2D eigenvalue weighted by Crippen LogP contribution is -2.41. The van der Waals surface area contributed by atoms with Crippen molar-refractivity contribution in [3.63, 3.8) is 0 Å². The van der Waals surface area contributed by atoms with E-state index < -0.39 is 11.9 Å². The number of halogens is 1. The number of carbonyl (C=O) groups is 2. The standard InChI is InChI=1S/C15H15ClN2O4/c1-10-4-5-12(16)13(7-10)22-9-14(19)18-15(20)17-8-11-3-2-6-21-11/h2-7H,8-9H2,1H3,(H2,17,18,19,20). The summed E-state index contributed by atoms with van der Waals surface area (Å²) in [5, 5.41) is 5.04. The largest absolute Gasteiger partial charge is 0.482 e. The average Bonchev–Trinajstić information content (AvgIpc) is 2.99. The molecule has 1 aromatic carbocycles. The molecular weight excluding hydrogens is 308 g/mol. The van der Waals surface area contributed by atoms with Gasteiger partial charge in [-0.3, -0.25) is 10.1 Å². The van der Waals surface area contributed by atoms with Gasteiger partial charge in [0.05, 0.1) is 17.8 Å². The fourth-order valence-electron chi connectivity index (χ4n) is 1.65. The van der Waals surface area contributed by atoms with Crippen LogP contribution in [0.5, 0.6) is 5.75 Å². The van der Waals surface area contributed by atoms with Crippen molar-refractivity contribution < 1.29 is 18.7 Å². The maximum atomic E-state index is 11.6. The van der Waals surface area contributed by atoms with Gasteiger partial charge in [0.15, 0.2) is 6.61 Å². The smallest absolute Gasteiger partial charge is 0.321 e. The molecule has 0 fully saturated rings. The topological polar surface area (TPSA) is 80.6 Å². The summed E-state index contributed by atoms with van der Waals surface area (Å²) in [6.45, 7) is 1.76. The molecular formula is C15H15ClN2O4. The molecule has 0 aliphatic heterocycles. The predicted octanol–water partition coefficient (Wildman–Crippen LogP) is 2.65. The number of aryl methyl sites for hydroxylation is 1. The van der Waals surface area contributed by atoms with Crippen LogP contribution in [0.25, 0.3) is 0 Å². The van der Waals surface area contributed by atoms with E-state index in [4.69, 9.17) is 20.8 Å². The highest BCUT2D eigenvalue weighted by Gasteiger charge is 2.10. The summed E-state index contributed by atoms with van der Waals surface area (Å²) in [5.74, 6) is 0.410. The SMILES string of the molecule is Cc1ccc(Cl)c(OCC(=O)NC(=O)NCc2ccco2)c1. The van der Waals surface area contributed by atoms with Gasteiger partial charge in [0.2, 0.25) is 0 Å². The first-order chi connectivity index (χ1) is 10.5. The van der Waals surface area contributed by atoms with E-state index in [2.05, 4.69) is 10.6 Å². The molecule has 1 heterocycles. The number of urea groups is 1. The number of carbonyl (C=O) groups excluding carboxylic acids is 2. The van der Waals surface area contributed by atoms with Gasteiger partial charge < -0.3 is 14.5 Å². The minimum absolute atomic E-state index is 0.191. The molecule has 22 heavy (non-hydrogen) atoms. The van der Waals surface area contributed by atoms with Crippen molar-refractivity contribution in [3.8, 4) is 5.75 Å². The van der Waals surface area contributed by atoms with Gasteiger partial charge in [-0.25, -0.2) is 4.79 Å². The van der Waals surface area contributed by atoms with Gasteiger partial charge >= 0.3 is 6.03 Å². The zero-order chi connectivity index (χ0) is 15.9. The van der Waals surface area contributed by atoms with Crippen molar-refractivity contribution >= 4 is 23.5 Å².